The van der Waals surface area contributed by atoms with Crippen LogP contribution in [-0.4, -0.2) is 79.2 Å². The van der Waals surface area contributed by atoms with Crippen LogP contribution in [0.1, 0.15) is 41.7 Å². The summed E-state index contributed by atoms with van der Waals surface area (Å²) in [6.07, 6.45) is 11.3. The second kappa shape index (κ2) is 10.5. The van der Waals surface area contributed by atoms with E-state index in [2.05, 4.69) is 20.8 Å². The number of carbonyl (C=O) groups is 1. The van der Waals surface area contributed by atoms with Gasteiger partial charge in [0.2, 0.25) is 0 Å². The van der Waals surface area contributed by atoms with Gasteiger partial charge in [-0.15, -0.1) is 6.42 Å². The van der Waals surface area contributed by atoms with Crippen molar-refractivity contribution in [2.75, 3.05) is 33.3 Å². The molecule has 0 spiro atoms. The number of aromatic nitrogens is 4. The summed E-state index contributed by atoms with van der Waals surface area (Å²) in [6, 6.07) is 8.99. The van der Waals surface area contributed by atoms with E-state index in [1.54, 1.807) is 24.1 Å². The Balaban J connectivity index is 1.33. The summed E-state index contributed by atoms with van der Waals surface area (Å²) in [4.78, 5) is 30.9. The molecule has 9 nitrogen and oxygen atoms in total. The largest absolute Gasteiger partial charge is 0.508 e. The highest BCUT2D eigenvalue weighted by molar-refractivity contribution is 6.03. The van der Waals surface area contributed by atoms with Crippen molar-refractivity contribution in [1.29, 1.82) is 0 Å². The van der Waals surface area contributed by atoms with Gasteiger partial charge in [0.15, 0.2) is 5.82 Å². The standard InChI is InChI=1S/C35H30F2N6O3/c1-3-22-25(36)7-6-20-16-21(44)17-23(28(20)22)31-29(37)32-24(18-38-31)30(26-8-9-27-33(45)41(2)14-15-43(26)27)39-34(40-32)46-19-35-10-4-12-42(35)13-5-11-35/h1,6-9,16-18,44H,4-5,10-15,19H2,2H3. The number of phenols is 1. The molecule has 2 aromatic carbocycles. The average molecular weight is 621 g/mol. The Morgan fingerprint density at radius 2 is 1.80 bits per heavy atom. The van der Waals surface area contributed by atoms with Gasteiger partial charge in [-0.05, 0) is 74.5 Å². The van der Waals surface area contributed by atoms with Crippen LogP contribution in [-0.2, 0) is 6.54 Å². The monoisotopic (exact) mass is 620 g/mol. The molecule has 1 N–H and O–H groups in total. The van der Waals surface area contributed by atoms with Crippen molar-refractivity contribution in [3.8, 4) is 46.7 Å². The van der Waals surface area contributed by atoms with Gasteiger partial charge in [0.25, 0.3) is 5.91 Å². The number of hydrogen-bond acceptors (Lipinski definition) is 7. The minimum atomic E-state index is -0.798. The Bertz CT molecular complexity index is 2130. The third-order valence-electron chi connectivity index (χ3n) is 9.84. The number of likely N-dealkylation sites (N-methyl/N-ethyl adjacent to an activating group) is 1. The number of phenolic OH excluding ortho intramolecular Hbond substituents is 1. The second-order valence-electron chi connectivity index (χ2n) is 12.4. The van der Waals surface area contributed by atoms with E-state index in [1.165, 1.54) is 30.5 Å². The van der Waals surface area contributed by atoms with E-state index < -0.39 is 11.6 Å². The number of benzene rings is 2. The summed E-state index contributed by atoms with van der Waals surface area (Å²) in [6.45, 7) is 3.45. The minimum Gasteiger partial charge on any atom is -0.508 e. The van der Waals surface area contributed by atoms with Gasteiger partial charge in [0, 0.05) is 42.7 Å². The number of carbonyl (C=O) groups excluding carboxylic acids is 1. The Labute approximate surface area is 263 Å². The summed E-state index contributed by atoms with van der Waals surface area (Å²) in [5.41, 5.74) is 1.26. The predicted octanol–water partition coefficient (Wildman–Crippen LogP) is 5.37. The first-order valence-electron chi connectivity index (χ1n) is 15.4. The lowest BCUT2D eigenvalue weighted by Gasteiger charge is -2.31. The van der Waals surface area contributed by atoms with Crippen molar-refractivity contribution < 1.29 is 23.4 Å². The molecule has 11 heteroatoms. The number of ether oxygens (including phenoxy) is 1. The zero-order chi connectivity index (χ0) is 31.7. The van der Waals surface area contributed by atoms with E-state index >= 15 is 4.39 Å². The van der Waals surface area contributed by atoms with Crippen LogP contribution >= 0.6 is 0 Å². The summed E-state index contributed by atoms with van der Waals surface area (Å²) in [5.74, 6) is 0.652. The van der Waals surface area contributed by atoms with Gasteiger partial charge in [0.1, 0.15) is 40.8 Å². The first-order valence-corrected chi connectivity index (χ1v) is 15.4. The number of pyridine rings is 1. The SMILES string of the molecule is C#Cc1c(F)ccc2cc(O)cc(-c3ncc4c(-c5ccc6n5CCN(C)C6=O)nc(OCC56CCCN5CCC6)nc4c3F)c12. The summed E-state index contributed by atoms with van der Waals surface area (Å²) < 4.78 is 39.9. The Morgan fingerprint density at radius 1 is 1.02 bits per heavy atom. The smallest absolute Gasteiger partial charge is 0.317 e. The van der Waals surface area contributed by atoms with Crippen LogP contribution in [0.5, 0.6) is 11.8 Å². The van der Waals surface area contributed by atoms with Crippen molar-refractivity contribution in [1.82, 2.24) is 29.3 Å². The van der Waals surface area contributed by atoms with Crippen molar-refractivity contribution in [3.63, 3.8) is 0 Å². The quantitative estimate of drug-likeness (QED) is 0.264. The van der Waals surface area contributed by atoms with Crippen molar-refractivity contribution in [2.45, 2.75) is 37.8 Å². The number of rotatable bonds is 5. The number of amides is 1. The molecule has 2 saturated heterocycles. The molecule has 5 aromatic rings. The number of hydrogen-bond donors (Lipinski definition) is 1. The molecule has 6 heterocycles. The van der Waals surface area contributed by atoms with Gasteiger partial charge < -0.3 is 19.3 Å². The van der Waals surface area contributed by atoms with E-state index in [0.29, 0.717) is 47.6 Å². The van der Waals surface area contributed by atoms with Crippen LogP contribution in [0.15, 0.2) is 42.6 Å². The first-order chi connectivity index (χ1) is 22.3. The molecule has 3 aliphatic heterocycles. The lowest BCUT2D eigenvalue weighted by Crippen LogP contribution is -2.43. The van der Waals surface area contributed by atoms with Crippen LogP contribution in [0.2, 0.25) is 0 Å². The predicted molar refractivity (Wildman–Crippen MR) is 168 cm³/mol. The molecule has 0 saturated carbocycles. The molecular weight excluding hydrogens is 590 g/mol. The number of terminal acetylenes is 1. The van der Waals surface area contributed by atoms with Gasteiger partial charge in [0.05, 0.1) is 16.8 Å². The van der Waals surface area contributed by atoms with Gasteiger partial charge in [-0.2, -0.15) is 9.97 Å². The normalized spacial score (nSPS) is 17.4. The molecule has 232 valence electrons. The highest BCUT2D eigenvalue weighted by Crippen LogP contribution is 2.41. The fraction of sp³-hybridized carbons (Fsp3) is 0.314. The summed E-state index contributed by atoms with van der Waals surface area (Å²) in [5, 5.41) is 11.5. The van der Waals surface area contributed by atoms with Crippen LogP contribution < -0.4 is 4.74 Å². The van der Waals surface area contributed by atoms with Crippen molar-refractivity contribution in [2.24, 2.45) is 0 Å². The van der Waals surface area contributed by atoms with E-state index in [9.17, 15) is 14.3 Å². The molecule has 0 unspecified atom stereocenters. The third-order valence-corrected chi connectivity index (χ3v) is 9.84. The van der Waals surface area contributed by atoms with Gasteiger partial charge >= 0.3 is 6.01 Å². The van der Waals surface area contributed by atoms with E-state index in [1.807, 2.05) is 4.57 Å². The average Bonchev–Trinajstić information content (AvgIpc) is 3.77. The fourth-order valence-corrected chi connectivity index (χ4v) is 7.55. The maximum absolute atomic E-state index is 16.8. The molecule has 0 atom stereocenters. The second-order valence-corrected chi connectivity index (χ2v) is 12.4. The number of fused-ring (bicyclic) bond motifs is 4. The maximum Gasteiger partial charge on any atom is 0.317 e. The highest BCUT2D eigenvalue weighted by atomic mass is 19.1. The molecule has 1 amide bonds. The van der Waals surface area contributed by atoms with Crippen LogP contribution in [0.3, 0.4) is 0 Å². The van der Waals surface area contributed by atoms with Gasteiger partial charge in [-0.1, -0.05) is 12.0 Å². The topological polar surface area (TPSA) is 96.6 Å². The molecule has 2 fully saturated rings. The minimum absolute atomic E-state index is 0.0117. The molecule has 0 radical (unpaired) electrons. The lowest BCUT2D eigenvalue weighted by atomic mass is 9.95. The molecule has 46 heavy (non-hydrogen) atoms. The van der Waals surface area contributed by atoms with Crippen LogP contribution in [0, 0.1) is 24.0 Å². The van der Waals surface area contributed by atoms with Crippen LogP contribution in [0.4, 0.5) is 8.78 Å². The fourth-order valence-electron chi connectivity index (χ4n) is 7.55. The number of halogens is 2. The Morgan fingerprint density at radius 3 is 2.59 bits per heavy atom. The van der Waals surface area contributed by atoms with Crippen molar-refractivity contribution >= 4 is 27.6 Å². The van der Waals surface area contributed by atoms with E-state index in [0.717, 1.165) is 38.8 Å². The first kappa shape index (κ1) is 28.4. The number of nitrogens with zero attached hydrogens (tertiary/aromatic N) is 6. The number of aromatic hydroxyl groups is 1. The Hall–Kier alpha value is -5.08. The third kappa shape index (κ3) is 4.24. The Kier molecular flexibility index (Phi) is 6.48. The maximum atomic E-state index is 16.8. The lowest BCUT2D eigenvalue weighted by molar-refractivity contribution is 0.0750. The van der Waals surface area contributed by atoms with E-state index in [-0.39, 0.29) is 50.9 Å². The summed E-state index contributed by atoms with van der Waals surface area (Å²) >= 11 is 0. The molecular formula is C35H30F2N6O3. The molecule has 8 rings (SSSR count). The van der Waals surface area contributed by atoms with Gasteiger partial charge in [-0.3, -0.25) is 14.7 Å². The molecule has 3 aliphatic rings. The zero-order valence-electron chi connectivity index (χ0n) is 25.2. The molecule has 0 bridgehead atoms. The highest BCUT2D eigenvalue weighted by Gasteiger charge is 2.45. The van der Waals surface area contributed by atoms with Gasteiger partial charge in [-0.25, -0.2) is 8.78 Å². The summed E-state index contributed by atoms with van der Waals surface area (Å²) in [7, 11) is 1.75. The molecule has 3 aromatic heterocycles. The van der Waals surface area contributed by atoms with Crippen molar-refractivity contribution in [3.05, 3.63) is 65.5 Å². The molecule has 0 aliphatic carbocycles. The van der Waals surface area contributed by atoms with Crippen LogP contribution in [0.25, 0.3) is 44.3 Å². The van der Waals surface area contributed by atoms with E-state index in [4.69, 9.17) is 16.1 Å². The zero-order valence-corrected chi connectivity index (χ0v) is 25.2.